The number of rotatable bonds is 1. The van der Waals surface area contributed by atoms with Crippen molar-refractivity contribution in [1.82, 2.24) is 0 Å². The quantitative estimate of drug-likeness (QED) is 0.761. The maximum absolute atomic E-state index is 9.66. The standard InChI is InChI=1S/C16H18O3/c1-11-9-13-10-16(17,18)8-7-14(13)19-15(11)12-5-3-2-4-6-12/h2-8,11,15,17-18H,9-10H2,1H3. The van der Waals surface area contributed by atoms with E-state index in [1.54, 1.807) is 6.08 Å². The van der Waals surface area contributed by atoms with Gasteiger partial charge in [-0.15, -0.1) is 0 Å². The van der Waals surface area contributed by atoms with E-state index in [-0.39, 0.29) is 12.5 Å². The Morgan fingerprint density at radius 1 is 1.21 bits per heavy atom. The highest BCUT2D eigenvalue weighted by Gasteiger charge is 2.35. The van der Waals surface area contributed by atoms with Crippen LogP contribution in [0.25, 0.3) is 0 Å². The van der Waals surface area contributed by atoms with Crippen molar-refractivity contribution < 1.29 is 14.9 Å². The Labute approximate surface area is 112 Å². The third kappa shape index (κ3) is 2.44. The molecule has 0 radical (unpaired) electrons. The van der Waals surface area contributed by atoms with Gasteiger partial charge >= 0.3 is 0 Å². The Hall–Kier alpha value is -1.58. The normalized spacial score (nSPS) is 28.8. The smallest absolute Gasteiger partial charge is 0.186 e. The molecular formula is C16H18O3. The van der Waals surface area contributed by atoms with Crippen molar-refractivity contribution in [3.8, 4) is 0 Å². The van der Waals surface area contributed by atoms with Crippen LogP contribution in [0.15, 0.2) is 53.8 Å². The van der Waals surface area contributed by atoms with Gasteiger partial charge in [0, 0.05) is 12.3 Å². The Morgan fingerprint density at radius 2 is 1.95 bits per heavy atom. The Bertz CT molecular complexity index is 528. The zero-order chi connectivity index (χ0) is 13.5. The highest BCUT2D eigenvalue weighted by Crippen LogP contribution is 2.42. The molecule has 19 heavy (non-hydrogen) atoms. The van der Waals surface area contributed by atoms with E-state index in [1.807, 2.05) is 18.2 Å². The second-order valence-electron chi connectivity index (χ2n) is 5.49. The molecule has 0 saturated carbocycles. The van der Waals surface area contributed by atoms with Gasteiger partial charge in [-0.1, -0.05) is 37.3 Å². The third-order valence-electron chi connectivity index (χ3n) is 3.79. The van der Waals surface area contributed by atoms with Gasteiger partial charge in [-0.3, -0.25) is 0 Å². The van der Waals surface area contributed by atoms with Crippen molar-refractivity contribution in [2.75, 3.05) is 0 Å². The van der Waals surface area contributed by atoms with E-state index >= 15 is 0 Å². The summed E-state index contributed by atoms with van der Waals surface area (Å²) in [7, 11) is 0. The number of aliphatic hydroxyl groups is 2. The number of hydrogen-bond acceptors (Lipinski definition) is 3. The Kier molecular flexibility index (Phi) is 2.96. The molecule has 100 valence electrons. The first-order valence-corrected chi connectivity index (χ1v) is 6.63. The predicted molar refractivity (Wildman–Crippen MR) is 72.0 cm³/mol. The first kappa shape index (κ1) is 12.5. The minimum atomic E-state index is -1.72. The van der Waals surface area contributed by atoms with Gasteiger partial charge < -0.3 is 14.9 Å². The average molecular weight is 258 g/mol. The van der Waals surface area contributed by atoms with Crippen molar-refractivity contribution in [3.63, 3.8) is 0 Å². The molecule has 1 heterocycles. The van der Waals surface area contributed by atoms with E-state index in [0.717, 1.165) is 17.8 Å². The molecular weight excluding hydrogens is 240 g/mol. The third-order valence-corrected chi connectivity index (χ3v) is 3.79. The minimum absolute atomic E-state index is 0.0366. The summed E-state index contributed by atoms with van der Waals surface area (Å²) in [6, 6.07) is 10.2. The molecule has 3 heteroatoms. The molecule has 0 spiro atoms. The maximum atomic E-state index is 9.66. The van der Waals surface area contributed by atoms with Gasteiger partial charge in [-0.25, -0.2) is 0 Å². The molecule has 2 atom stereocenters. The molecule has 2 N–H and O–H groups in total. The molecule has 1 aromatic carbocycles. The number of allylic oxidation sites excluding steroid dienone is 1. The Morgan fingerprint density at radius 3 is 2.68 bits per heavy atom. The van der Waals surface area contributed by atoms with Crippen molar-refractivity contribution in [1.29, 1.82) is 0 Å². The van der Waals surface area contributed by atoms with Crippen LogP contribution >= 0.6 is 0 Å². The molecule has 2 aliphatic rings. The molecule has 1 aliphatic heterocycles. The van der Waals surface area contributed by atoms with Gasteiger partial charge in [0.2, 0.25) is 0 Å². The summed E-state index contributed by atoms with van der Waals surface area (Å²) in [5, 5.41) is 19.3. The molecule has 0 amide bonds. The van der Waals surface area contributed by atoms with E-state index in [9.17, 15) is 10.2 Å². The van der Waals surface area contributed by atoms with E-state index < -0.39 is 5.79 Å². The highest BCUT2D eigenvalue weighted by molar-refractivity contribution is 5.32. The predicted octanol–water partition coefficient (Wildman–Crippen LogP) is 2.68. The molecule has 0 saturated heterocycles. The van der Waals surface area contributed by atoms with Gasteiger partial charge in [-0.05, 0) is 29.7 Å². The highest BCUT2D eigenvalue weighted by atomic mass is 16.5. The SMILES string of the molecule is CC1CC2=C(C=CC(O)(O)C2)OC1c1ccccc1. The van der Waals surface area contributed by atoms with E-state index in [2.05, 4.69) is 19.1 Å². The van der Waals surface area contributed by atoms with Crippen LogP contribution in [0, 0.1) is 5.92 Å². The molecule has 1 aliphatic carbocycles. The van der Waals surface area contributed by atoms with Crippen molar-refractivity contribution in [2.45, 2.75) is 31.7 Å². The fraction of sp³-hybridized carbons (Fsp3) is 0.375. The lowest BCUT2D eigenvalue weighted by atomic mass is 9.84. The van der Waals surface area contributed by atoms with Gasteiger partial charge in [0.25, 0.3) is 0 Å². The van der Waals surface area contributed by atoms with Gasteiger partial charge in [0.1, 0.15) is 11.9 Å². The topological polar surface area (TPSA) is 49.7 Å². The van der Waals surface area contributed by atoms with E-state index in [0.29, 0.717) is 5.92 Å². The zero-order valence-corrected chi connectivity index (χ0v) is 10.9. The molecule has 2 unspecified atom stereocenters. The summed E-state index contributed by atoms with van der Waals surface area (Å²) in [5.74, 6) is -0.601. The molecule has 3 nitrogen and oxygen atoms in total. The van der Waals surface area contributed by atoms with Crippen LogP contribution in [0.3, 0.4) is 0 Å². The zero-order valence-electron chi connectivity index (χ0n) is 10.9. The van der Waals surface area contributed by atoms with Gasteiger partial charge in [0.05, 0.1) is 0 Å². The number of benzene rings is 1. The molecule has 3 rings (SSSR count). The number of ether oxygens (including phenoxy) is 1. The minimum Gasteiger partial charge on any atom is -0.486 e. The van der Waals surface area contributed by atoms with Crippen LogP contribution in [-0.4, -0.2) is 16.0 Å². The fourth-order valence-electron chi connectivity index (χ4n) is 2.87. The second kappa shape index (κ2) is 4.51. The molecule has 1 aromatic rings. The van der Waals surface area contributed by atoms with Gasteiger partial charge in [0.15, 0.2) is 5.79 Å². The lowest BCUT2D eigenvalue weighted by Crippen LogP contribution is -2.31. The van der Waals surface area contributed by atoms with Crippen LogP contribution in [-0.2, 0) is 4.74 Å². The summed E-state index contributed by atoms with van der Waals surface area (Å²) < 4.78 is 6.05. The van der Waals surface area contributed by atoms with Crippen molar-refractivity contribution in [3.05, 3.63) is 59.4 Å². The largest absolute Gasteiger partial charge is 0.486 e. The van der Waals surface area contributed by atoms with Crippen LogP contribution in [0.1, 0.15) is 31.4 Å². The van der Waals surface area contributed by atoms with Crippen LogP contribution < -0.4 is 0 Å². The van der Waals surface area contributed by atoms with Crippen LogP contribution in [0.2, 0.25) is 0 Å². The van der Waals surface area contributed by atoms with Crippen molar-refractivity contribution >= 4 is 0 Å². The second-order valence-corrected chi connectivity index (χ2v) is 5.49. The van der Waals surface area contributed by atoms with Crippen molar-refractivity contribution in [2.24, 2.45) is 5.92 Å². The molecule has 0 bridgehead atoms. The maximum Gasteiger partial charge on any atom is 0.186 e. The first-order valence-electron chi connectivity index (χ1n) is 6.63. The molecule has 0 fully saturated rings. The van der Waals surface area contributed by atoms with Crippen LogP contribution in [0.4, 0.5) is 0 Å². The Balaban J connectivity index is 1.87. The molecule has 0 aromatic heterocycles. The summed E-state index contributed by atoms with van der Waals surface area (Å²) in [5.41, 5.74) is 2.16. The summed E-state index contributed by atoms with van der Waals surface area (Å²) in [6.45, 7) is 2.14. The summed E-state index contributed by atoms with van der Waals surface area (Å²) >= 11 is 0. The van der Waals surface area contributed by atoms with E-state index in [1.165, 1.54) is 11.6 Å². The van der Waals surface area contributed by atoms with E-state index in [4.69, 9.17) is 4.74 Å². The average Bonchev–Trinajstić information content (AvgIpc) is 2.38. The lowest BCUT2D eigenvalue weighted by Gasteiger charge is -2.36. The summed E-state index contributed by atoms with van der Waals surface area (Å²) in [4.78, 5) is 0. The monoisotopic (exact) mass is 258 g/mol. The first-order chi connectivity index (χ1) is 9.05. The summed E-state index contributed by atoms with van der Waals surface area (Å²) in [6.07, 6.45) is 4.19. The fourth-order valence-corrected chi connectivity index (χ4v) is 2.87. The number of hydrogen-bond donors (Lipinski definition) is 2. The van der Waals surface area contributed by atoms with Gasteiger partial charge in [-0.2, -0.15) is 0 Å². The lowest BCUT2D eigenvalue weighted by molar-refractivity contribution is -0.121. The van der Waals surface area contributed by atoms with Crippen LogP contribution in [0.5, 0.6) is 0 Å².